The van der Waals surface area contributed by atoms with Crippen LogP contribution in [0.2, 0.25) is 0 Å². The first-order chi connectivity index (χ1) is 11.8. The summed E-state index contributed by atoms with van der Waals surface area (Å²) in [6.45, 7) is 4.42. The van der Waals surface area contributed by atoms with Gasteiger partial charge in [0, 0.05) is 44.3 Å². The Labute approximate surface area is 141 Å². The molecule has 5 heteroatoms. The summed E-state index contributed by atoms with van der Waals surface area (Å²) in [4.78, 5) is 11.5. The second-order valence-electron chi connectivity index (χ2n) is 6.65. The molecule has 4 nitrogen and oxygen atoms in total. The van der Waals surface area contributed by atoms with Crippen molar-refractivity contribution in [2.45, 2.75) is 31.7 Å². The summed E-state index contributed by atoms with van der Waals surface area (Å²) >= 11 is 0. The van der Waals surface area contributed by atoms with Crippen LogP contribution < -0.4 is 0 Å². The Kier molecular flexibility index (Phi) is 4.54. The lowest BCUT2D eigenvalue weighted by molar-refractivity contribution is 0.193. The van der Waals surface area contributed by atoms with Crippen LogP contribution in [-0.2, 0) is 24.1 Å². The van der Waals surface area contributed by atoms with Crippen molar-refractivity contribution in [3.8, 4) is 0 Å². The number of rotatable bonds is 3. The van der Waals surface area contributed by atoms with Crippen LogP contribution in [0.25, 0.3) is 0 Å². The van der Waals surface area contributed by atoms with Gasteiger partial charge in [-0.1, -0.05) is 12.1 Å². The highest BCUT2D eigenvalue weighted by atomic mass is 19.1. The van der Waals surface area contributed by atoms with E-state index in [0.717, 1.165) is 57.7 Å². The molecule has 2 aliphatic heterocycles. The van der Waals surface area contributed by atoms with Crippen molar-refractivity contribution in [1.29, 1.82) is 0 Å². The second-order valence-corrected chi connectivity index (χ2v) is 6.65. The van der Waals surface area contributed by atoms with E-state index >= 15 is 0 Å². The van der Waals surface area contributed by atoms with E-state index in [-0.39, 0.29) is 5.82 Å². The minimum Gasteiger partial charge on any atom is -0.381 e. The Hall–Kier alpha value is -1.85. The molecule has 2 aliphatic rings. The molecule has 126 valence electrons. The third kappa shape index (κ3) is 3.32. The Morgan fingerprint density at radius 2 is 1.96 bits per heavy atom. The third-order valence-electron chi connectivity index (χ3n) is 5.05. The smallest absolute Gasteiger partial charge is 0.123 e. The zero-order chi connectivity index (χ0) is 16.4. The van der Waals surface area contributed by atoms with Crippen molar-refractivity contribution >= 4 is 0 Å². The summed E-state index contributed by atoms with van der Waals surface area (Å²) < 4.78 is 18.6. The van der Waals surface area contributed by atoms with Gasteiger partial charge in [0.25, 0.3) is 0 Å². The van der Waals surface area contributed by atoms with Gasteiger partial charge in [0.2, 0.25) is 0 Å². The maximum atomic E-state index is 13.1. The first-order valence-electron chi connectivity index (χ1n) is 8.67. The van der Waals surface area contributed by atoms with Gasteiger partial charge in [0.1, 0.15) is 12.1 Å². The number of ether oxygens (including phenoxy) is 1. The number of hydrogen-bond acceptors (Lipinski definition) is 4. The van der Waals surface area contributed by atoms with E-state index in [1.165, 1.54) is 29.1 Å². The van der Waals surface area contributed by atoms with Crippen LogP contribution >= 0.6 is 0 Å². The molecule has 0 radical (unpaired) electrons. The first-order valence-corrected chi connectivity index (χ1v) is 8.67. The number of halogens is 1. The maximum Gasteiger partial charge on any atom is 0.123 e. The summed E-state index contributed by atoms with van der Waals surface area (Å²) in [5.41, 5.74) is 4.86. The Morgan fingerprint density at radius 3 is 2.75 bits per heavy atom. The average Bonchev–Trinajstić information content (AvgIpc) is 3.06. The zero-order valence-corrected chi connectivity index (χ0v) is 13.7. The largest absolute Gasteiger partial charge is 0.381 e. The van der Waals surface area contributed by atoms with E-state index in [0.29, 0.717) is 5.92 Å². The maximum absolute atomic E-state index is 13.1. The van der Waals surface area contributed by atoms with Crippen molar-refractivity contribution in [2.24, 2.45) is 0 Å². The standard InChI is InChI=1S/C19H22FN3O/c20-16-3-1-14(2-4-16)11-23-8-5-17-18(6-9-23)21-13-22-19(17)15-7-10-24-12-15/h1-4,13,15H,5-12H2. The molecule has 1 aromatic heterocycles. The predicted octanol–water partition coefficient (Wildman–Crippen LogP) is 2.72. The fourth-order valence-electron chi connectivity index (χ4n) is 3.71. The van der Waals surface area contributed by atoms with Gasteiger partial charge in [-0.2, -0.15) is 0 Å². The van der Waals surface area contributed by atoms with E-state index in [2.05, 4.69) is 14.9 Å². The number of benzene rings is 1. The van der Waals surface area contributed by atoms with Gasteiger partial charge in [-0.05, 0) is 36.1 Å². The molecule has 0 saturated carbocycles. The average molecular weight is 327 g/mol. The normalized spacial score (nSPS) is 21.5. The van der Waals surface area contributed by atoms with Gasteiger partial charge in [-0.15, -0.1) is 0 Å². The molecule has 0 N–H and O–H groups in total. The highest BCUT2D eigenvalue weighted by Gasteiger charge is 2.25. The third-order valence-corrected chi connectivity index (χ3v) is 5.05. The van der Waals surface area contributed by atoms with Crippen LogP contribution in [0.3, 0.4) is 0 Å². The Bertz CT molecular complexity index is 698. The lowest BCUT2D eigenvalue weighted by atomic mass is 9.96. The zero-order valence-electron chi connectivity index (χ0n) is 13.7. The van der Waals surface area contributed by atoms with Crippen LogP contribution in [0.15, 0.2) is 30.6 Å². The molecule has 4 rings (SSSR count). The van der Waals surface area contributed by atoms with Gasteiger partial charge >= 0.3 is 0 Å². The SMILES string of the molecule is Fc1ccc(CN2CCc3ncnc(C4CCOC4)c3CC2)cc1. The van der Waals surface area contributed by atoms with Crippen molar-refractivity contribution < 1.29 is 9.13 Å². The van der Waals surface area contributed by atoms with Crippen molar-refractivity contribution in [3.63, 3.8) is 0 Å². The number of nitrogens with zero attached hydrogens (tertiary/aromatic N) is 3. The van der Waals surface area contributed by atoms with Gasteiger partial charge in [-0.3, -0.25) is 4.90 Å². The van der Waals surface area contributed by atoms with Gasteiger partial charge in [-0.25, -0.2) is 14.4 Å². The molecule has 1 aromatic carbocycles. The lowest BCUT2D eigenvalue weighted by Crippen LogP contribution is -2.26. The minimum atomic E-state index is -0.180. The predicted molar refractivity (Wildman–Crippen MR) is 89.3 cm³/mol. The molecule has 1 saturated heterocycles. The van der Waals surface area contributed by atoms with E-state index in [4.69, 9.17) is 4.74 Å². The quantitative estimate of drug-likeness (QED) is 0.869. The fraction of sp³-hybridized carbons (Fsp3) is 0.474. The molecular formula is C19H22FN3O. The molecule has 2 aromatic rings. The van der Waals surface area contributed by atoms with E-state index < -0.39 is 0 Å². The highest BCUT2D eigenvalue weighted by molar-refractivity contribution is 5.30. The van der Waals surface area contributed by atoms with E-state index in [9.17, 15) is 4.39 Å². The molecule has 3 heterocycles. The number of fused-ring (bicyclic) bond motifs is 1. The van der Waals surface area contributed by atoms with E-state index in [1.807, 2.05) is 12.1 Å². The Morgan fingerprint density at radius 1 is 1.12 bits per heavy atom. The van der Waals surface area contributed by atoms with Crippen LogP contribution in [0, 0.1) is 5.82 Å². The molecule has 0 bridgehead atoms. The highest BCUT2D eigenvalue weighted by Crippen LogP contribution is 2.29. The van der Waals surface area contributed by atoms with E-state index in [1.54, 1.807) is 6.33 Å². The molecule has 0 amide bonds. The molecule has 1 unspecified atom stereocenters. The minimum absolute atomic E-state index is 0.180. The van der Waals surface area contributed by atoms with Crippen LogP contribution in [0.5, 0.6) is 0 Å². The van der Waals surface area contributed by atoms with Gasteiger partial charge < -0.3 is 4.74 Å². The molecule has 24 heavy (non-hydrogen) atoms. The number of aromatic nitrogens is 2. The van der Waals surface area contributed by atoms with Crippen LogP contribution in [0.1, 0.15) is 34.9 Å². The fourth-order valence-corrected chi connectivity index (χ4v) is 3.71. The summed E-state index contributed by atoms with van der Waals surface area (Å²) in [6.07, 6.45) is 4.69. The lowest BCUT2D eigenvalue weighted by Gasteiger charge is -2.19. The van der Waals surface area contributed by atoms with Crippen LogP contribution in [-0.4, -0.2) is 41.2 Å². The molecule has 1 fully saturated rings. The second kappa shape index (κ2) is 6.95. The topological polar surface area (TPSA) is 38.2 Å². The molecule has 0 spiro atoms. The Balaban J connectivity index is 1.49. The summed E-state index contributed by atoms with van der Waals surface area (Å²) in [7, 11) is 0. The summed E-state index contributed by atoms with van der Waals surface area (Å²) in [5.74, 6) is 0.242. The number of hydrogen-bond donors (Lipinski definition) is 0. The summed E-state index contributed by atoms with van der Waals surface area (Å²) in [5, 5.41) is 0. The van der Waals surface area contributed by atoms with Crippen molar-refractivity contribution in [2.75, 3.05) is 26.3 Å². The van der Waals surface area contributed by atoms with Gasteiger partial charge in [0.15, 0.2) is 0 Å². The van der Waals surface area contributed by atoms with Gasteiger partial charge in [0.05, 0.1) is 12.3 Å². The first kappa shape index (κ1) is 15.7. The molecule has 1 atom stereocenters. The monoisotopic (exact) mass is 327 g/mol. The van der Waals surface area contributed by atoms with Crippen molar-refractivity contribution in [3.05, 3.63) is 58.9 Å². The molecule has 0 aliphatic carbocycles. The summed E-state index contributed by atoms with van der Waals surface area (Å²) in [6, 6.07) is 6.81. The van der Waals surface area contributed by atoms with Crippen LogP contribution in [0.4, 0.5) is 4.39 Å². The molecular weight excluding hydrogens is 305 g/mol. The van der Waals surface area contributed by atoms with Crippen molar-refractivity contribution in [1.82, 2.24) is 14.9 Å².